The molecule has 8 nitrogen and oxygen atoms in total. The molecule has 2 heterocycles. The van der Waals surface area contributed by atoms with Crippen LogP contribution in [0.15, 0.2) is 36.4 Å². The highest BCUT2D eigenvalue weighted by molar-refractivity contribution is 5.92. The van der Waals surface area contributed by atoms with E-state index in [-0.39, 0.29) is 19.4 Å². The van der Waals surface area contributed by atoms with Crippen LogP contribution in [0.3, 0.4) is 0 Å². The molecule has 2 aromatic carbocycles. The minimum Gasteiger partial charge on any atom is -0.486 e. The van der Waals surface area contributed by atoms with Crippen LogP contribution in [0.5, 0.6) is 23.0 Å². The van der Waals surface area contributed by atoms with Gasteiger partial charge in [-0.2, -0.15) is 0 Å². The summed E-state index contributed by atoms with van der Waals surface area (Å²) in [6.07, 6.45) is 0. The highest BCUT2D eigenvalue weighted by Crippen LogP contribution is 2.34. The molecule has 1 N–H and O–H groups in total. The summed E-state index contributed by atoms with van der Waals surface area (Å²) in [5.41, 5.74) is 1.15. The first kappa shape index (κ1) is 18.0. The fraction of sp³-hybridized carbons (Fsp3) is 0.300. The largest absolute Gasteiger partial charge is 0.486 e. The van der Waals surface area contributed by atoms with Crippen LogP contribution in [0.1, 0.15) is 28.9 Å². The lowest BCUT2D eigenvalue weighted by molar-refractivity contribution is -0.124. The number of carbonyl (C=O) groups is 2. The molecule has 0 saturated carbocycles. The van der Waals surface area contributed by atoms with E-state index in [1.165, 1.54) is 0 Å². The van der Waals surface area contributed by atoms with E-state index < -0.39 is 11.9 Å². The van der Waals surface area contributed by atoms with Gasteiger partial charge in [0.1, 0.15) is 13.2 Å². The number of amides is 1. The number of carbonyl (C=O) groups excluding carboxylic acids is 2. The van der Waals surface area contributed by atoms with Crippen LogP contribution in [-0.2, 0) is 9.53 Å². The Labute approximate surface area is 161 Å². The van der Waals surface area contributed by atoms with E-state index in [1.807, 2.05) is 19.1 Å². The van der Waals surface area contributed by atoms with Gasteiger partial charge < -0.3 is 29.0 Å². The normalized spacial score (nSPS) is 14.9. The molecule has 0 bridgehead atoms. The second-order valence-electron chi connectivity index (χ2n) is 6.34. The van der Waals surface area contributed by atoms with Gasteiger partial charge in [0, 0.05) is 0 Å². The maximum Gasteiger partial charge on any atom is 0.338 e. The average Bonchev–Trinajstić information content (AvgIpc) is 3.19. The van der Waals surface area contributed by atoms with Crippen LogP contribution in [0.2, 0.25) is 0 Å². The van der Waals surface area contributed by atoms with Crippen molar-refractivity contribution < 1.29 is 33.3 Å². The molecule has 28 heavy (non-hydrogen) atoms. The maximum atomic E-state index is 12.2. The van der Waals surface area contributed by atoms with Crippen molar-refractivity contribution in [2.24, 2.45) is 0 Å². The lowest BCUT2D eigenvalue weighted by atomic mass is 10.1. The smallest absolute Gasteiger partial charge is 0.338 e. The fourth-order valence-corrected chi connectivity index (χ4v) is 2.93. The zero-order valence-corrected chi connectivity index (χ0v) is 15.2. The van der Waals surface area contributed by atoms with Gasteiger partial charge in [-0.25, -0.2) is 4.79 Å². The lowest BCUT2D eigenvalue weighted by Gasteiger charge is -2.18. The van der Waals surface area contributed by atoms with Gasteiger partial charge >= 0.3 is 5.97 Å². The van der Waals surface area contributed by atoms with Gasteiger partial charge in [0.25, 0.3) is 5.91 Å². The number of hydrogen-bond acceptors (Lipinski definition) is 7. The summed E-state index contributed by atoms with van der Waals surface area (Å²) in [6.45, 7) is 2.53. The fourth-order valence-electron chi connectivity index (χ4n) is 2.93. The first-order valence-electron chi connectivity index (χ1n) is 8.86. The number of fused-ring (bicyclic) bond motifs is 2. The summed E-state index contributed by atoms with van der Waals surface area (Å²) in [4.78, 5) is 24.3. The third kappa shape index (κ3) is 3.80. The molecule has 1 amide bonds. The third-order valence-electron chi connectivity index (χ3n) is 4.39. The van der Waals surface area contributed by atoms with Gasteiger partial charge in [0.15, 0.2) is 29.6 Å². The second-order valence-corrected chi connectivity index (χ2v) is 6.34. The first-order chi connectivity index (χ1) is 13.6. The first-order valence-corrected chi connectivity index (χ1v) is 8.86. The van der Waals surface area contributed by atoms with Gasteiger partial charge in [-0.05, 0) is 42.8 Å². The van der Waals surface area contributed by atoms with E-state index in [2.05, 4.69) is 5.32 Å². The Morgan fingerprint density at radius 1 is 0.964 bits per heavy atom. The monoisotopic (exact) mass is 385 g/mol. The number of ether oxygens (including phenoxy) is 5. The molecule has 0 aromatic heterocycles. The summed E-state index contributed by atoms with van der Waals surface area (Å²) >= 11 is 0. The molecule has 2 aromatic rings. The van der Waals surface area contributed by atoms with E-state index >= 15 is 0 Å². The van der Waals surface area contributed by atoms with Crippen LogP contribution < -0.4 is 24.3 Å². The van der Waals surface area contributed by atoms with E-state index in [9.17, 15) is 9.59 Å². The molecule has 2 aliphatic heterocycles. The molecular formula is C20H19NO7. The molecule has 0 radical (unpaired) electrons. The second kappa shape index (κ2) is 7.67. The van der Waals surface area contributed by atoms with E-state index in [4.69, 9.17) is 23.7 Å². The number of esters is 1. The molecule has 0 fully saturated rings. The molecule has 0 spiro atoms. The Morgan fingerprint density at radius 3 is 2.50 bits per heavy atom. The number of rotatable bonds is 5. The van der Waals surface area contributed by atoms with Crippen LogP contribution in [0.4, 0.5) is 0 Å². The molecule has 146 valence electrons. The third-order valence-corrected chi connectivity index (χ3v) is 4.39. The summed E-state index contributed by atoms with van der Waals surface area (Å²) in [5, 5.41) is 2.79. The van der Waals surface area contributed by atoms with Crippen molar-refractivity contribution in [2.75, 3.05) is 26.6 Å². The molecular weight excluding hydrogens is 366 g/mol. The van der Waals surface area contributed by atoms with Crippen LogP contribution in [0.25, 0.3) is 0 Å². The Bertz CT molecular complexity index is 911. The van der Waals surface area contributed by atoms with Gasteiger partial charge in [-0.1, -0.05) is 6.07 Å². The minimum absolute atomic E-state index is 0.190. The summed E-state index contributed by atoms with van der Waals surface area (Å²) in [7, 11) is 0. The van der Waals surface area contributed by atoms with Crippen molar-refractivity contribution in [2.45, 2.75) is 13.0 Å². The van der Waals surface area contributed by atoms with E-state index in [0.29, 0.717) is 41.8 Å². The van der Waals surface area contributed by atoms with E-state index in [0.717, 1.165) is 5.56 Å². The molecule has 0 unspecified atom stereocenters. The number of nitrogens with one attached hydrogen (secondary N) is 1. The van der Waals surface area contributed by atoms with Gasteiger partial charge in [-0.15, -0.1) is 0 Å². The topological polar surface area (TPSA) is 92.3 Å². The van der Waals surface area contributed by atoms with E-state index in [1.54, 1.807) is 24.3 Å². The standard InChI is InChI=1S/C20H19NO7/c1-12(13-2-4-16-18(8-13)28-11-27-16)21-19(22)10-26-20(23)14-3-5-15-17(9-14)25-7-6-24-15/h2-5,8-9,12H,6-7,10-11H2,1H3,(H,21,22)/t12-/m1/s1. The predicted octanol–water partition coefficient (Wildman–Crippen LogP) is 2.22. The highest BCUT2D eigenvalue weighted by Gasteiger charge is 2.19. The zero-order valence-electron chi connectivity index (χ0n) is 15.2. The lowest BCUT2D eigenvalue weighted by Crippen LogP contribution is -2.31. The minimum atomic E-state index is -0.608. The SMILES string of the molecule is C[C@@H](NC(=O)COC(=O)c1ccc2c(c1)OCCO2)c1ccc2c(c1)OCO2. The summed E-state index contributed by atoms with van der Waals surface area (Å²) < 4.78 is 26.6. The Morgan fingerprint density at radius 2 is 1.64 bits per heavy atom. The van der Waals surface area contributed by atoms with Crippen LogP contribution in [-0.4, -0.2) is 38.5 Å². The van der Waals surface area contributed by atoms with Crippen molar-refractivity contribution in [3.05, 3.63) is 47.5 Å². The quantitative estimate of drug-likeness (QED) is 0.789. The Balaban J connectivity index is 1.31. The Kier molecular flexibility index (Phi) is 4.92. The molecule has 0 saturated heterocycles. The van der Waals surface area contributed by atoms with Crippen molar-refractivity contribution >= 4 is 11.9 Å². The van der Waals surface area contributed by atoms with Crippen molar-refractivity contribution in [1.82, 2.24) is 5.32 Å². The molecule has 4 rings (SSSR count). The van der Waals surface area contributed by atoms with Crippen LogP contribution >= 0.6 is 0 Å². The zero-order chi connectivity index (χ0) is 19.5. The molecule has 2 aliphatic rings. The van der Waals surface area contributed by atoms with Crippen molar-refractivity contribution in [3.8, 4) is 23.0 Å². The molecule has 1 atom stereocenters. The summed E-state index contributed by atoms with van der Waals surface area (Å²) in [6, 6.07) is 9.94. The molecule has 8 heteroatoms. The predicted molar refractivity (Wildman–Crippen MR) is 96.8 cm³/mol. The number of benzene rings is 2. The van der Waals surface area contributed by atoms with Crippen molar-refractivity contribution in [1.29, 1.82) is 0 Å². The Hall–Kier alpha value is -3.42. The summed E-state index contributed by atoms with van der Waals surface area (Å²) in [5.74, 6) is 1.37. The average molecular weight is 385 g/mol. The van der Waals surface area contributed by atoms with Gasteiger partial charge in [0.2, 0.25) is 6.79 Å². The van der Waals surface area contributed by atoms with Crippen molar-refractivity contribution in [3.63, 3.8) is 0 Å². The van der Waals surface area contributed by atoms with Gasteiger partial charge in [0.05, 0.1) is 11.6 Å². The highest BCUT2D eigenvalue weighted by atomic mass is 16.7. The van der Waals surface area contributed by atoms with Crippen LogP contribution in [0, 0.1) is 0 Å². The van der Waals surface area contributed by atoms with Gasteiger partial charge in [-0.3, -0.25) is 4.79 Å². The molecule has 0 aliphatic carbocycles. The maximum absolute atomic E-state index is 12.2. The number of hydrogen-bond donors (Lipinski definition) is 1.